The first-order chi connectivity index (χ1) is 12.9. The lowest BCUT2D eigenvalue weighted by atomic mass is 10.1. The number of hydrogen-bond acceptors (Lipinski definition) is 5. The van der Waals surface area contributed by atoms with E-state index in [4.69, 9.17) is 9.47 Å². The molecule has 2 aromatic rings. The van der Waals surface area contributed by atoms with E-state index in [-0.39, 0.29) is 31.0 Å². The van der Waals surface area contributed by atoms with Gasteiger partial charge in [0.25, 0.3) is 0 Å². The average Bonchev–Trinajstić information content (AvgIpc) is 2.65. The monoisotopic (exact) mass is 442 g/mol. The molecule has 0 saturated heterocycles. The number of methoxy groups -OCH3 is 1. The molecular formula is C19H17BrF2O5. The Morgan fingerprint density at radius 3 is 2.41 bits per heavy atom. The Hall–Kier alpha value is -2.48. The van der Waals surface area contributed by atoms with Crippen molar-refractivity contribution in [3.05, 3.63) is 58.1 Å². The Bertz CT molecular complexity index is 793. The number of Topliss-reactive ketones (excluding diaryl/α,β-unsaturated/α-hetero) is 1. The third-order valence-corrected chi connectivity index (χ3v) is 4.06. The Morgan fingerprint density at radius 1 is 1.07 bits per heavy atom. The number of esters is 1. The molecule has 0 spiro atoms. The largest absolute Gasteiger partial charge is 0.496 e. The van der Waals surface area contributed by atoms with E-state index < -0.39 is 12.6 Å². The molecule has 0 atom stereocenters. The van der Waals surface area contributed by atoms with Gasteiger partial charge in [-0.15, -0.1) is 0 Å². The average molecular weight is 443 g/mol. The van der Waals surface area contributed by atoms with Gasteiger partial charge >= 0.3 is 12.6 Å². The third kappa shape index (κ3) is 6.63. The zero-order chi connectivity index (χ0) is 19.8. The Morgan fingerprint density at radius 2 is 1.78 bits per heavy atom. The molecule has 0 heterocycles. The van der Waals surface area contributed by atoms with E-state index >= 15 is 0 Å². The van der Waals surface area contributed by atoms with Gasteiger partial charge in [-0.05, 0) is 35.9 Å². The SMILES string of the molecule is COc1ccc(Br)cc1C(=O)CCC(=O)OCc1ccc(OC(F)F)cc1. The normalized spacial score (nSPS) is 10.6. The van der Waals surface area contributed by atoms with Crippen molar-refractivity contribution in [2.45, 2.75) is 26.1 Å². The first-order valence-electron chi connectivity index (χ1n) is 7.95. The van der Waals surface area contributed by atoms with E-state index in [2.05, 4.69) is 20.7 Å². The topological polar surface area (TPSA) is 61.8 Å². The molecule has 0 aliphatic carbocycles. The van der Waals surface area contributed by atoms with Gasteiger partial charge in [-0.1, -0.05) is 28.1 Å². The summed E-state index contributed by atoms with van der Waals surface area (Å²) in [4.78, 5) is 24.1. The molecule has 0 amide bonds. The zero-order valence-electron chi connectivity index (χ0n) is 14.4. The van der Waals surface area contributed by atoms with E-state index in [1.54, 1.807) is 18.2 Å². The van der Waals surface area contributed by atoms with Gasteiger partial charge in [0.05, 0.1) is 19.1 Å². The highest BCUT2D eigenvalue weighted by Gasteiger charge is 2.15. The number of alkyl halides is 2. The van der Waals surface area contributed by atoms with Crippen molar-refractivity contribution in [1.29, 1.82) is 0 Å². The Balaban J connectivity index is 1.82. The van der Waals surface area contributed by atoms with E-state index in [0.29, 0.717) is 16.9 Å². The number of carbonyl (C=O) groups is 2. The molecule has 0 bridgehead atoms. The lowest BCUT2D eigenvalue weighted by Crippen LogP contribution is -2.09. The van der Waals surface area contributed by atoms with Crippen LogP contribution in [-0.2, 0) is 16.1 Å². The Labute approximate surface area is 163 Å². The van der Waals surface area contributed by atoms with Gasteiger partial charge in [0.15, 0.2) is 5.78 Å². The number of halogens is 3. The van der Waals surface area contributed by atoms with Crippen LogP contribution in [0.1, 0.15) is 28.8 Å². The van der Waals surface area contributed by atoms with Crippen molar-refractivity contribution >= 4 is 27.7 Å². The van der Waals surface area contributed by atoms with E-state index in [0.717, 1.165) is 4.47 Å². The smallest absolute Gasteiger partial charge is 0.387 e. The van der Waals surface area contributed by atoms with Crippen LogP contribution in [0.4, 0.5) is 8.78 Å². The van der Waals surface area contributed by atoms with Crippen molar-refractivity contribution in [2.24, 2.45) is 0 Å². The number of ether oxygens (including phenoxy) is 3. The fourth-order valence-electron chi connectivity index (χ4n) is 2.25. The minimum absolute atomic E-state index is 0.0210. The molecule has 144 valence electrons. The van der Waals surface area contributed by atoms with Crippen molar-refractivity contribution in [1.82, 2.24) is 0 Å². The van der Waals surface area contributed by atoms with Crippen LogP contribution in [0.5, 0.6) is 11.5 Å². The second-order valence-corrected chi connectivity index (χ2v) is 6.37. The molecule has 0 saturated carbocycles. The highest BCUT2D eigenvalue weighted by molar-refractivity contribution is 9.10. The molecule has 0 unspecified atom stereocenters. The maximum atomic E-state index is 12.3. The number of ketones is 1. The van der Waals surface area contributed by atoms with Crippen molar-refractivity contribution < 1.29 is 32.6 Å². The number of benzene rings is 2. The van der Waals surface area contributed by atoms with Gasteiger partial charge in [-0.3, -0.25) is 9.59 Å². The van der Waals surface area contributed by atoms with Crippen LogP contribution in [0.25, 0.3) is 0 Å². The first-order valence-corrected chi connectivity index (χ1v) is 8.74. The summed E-state index contributed by atoms with van der Waals surface area (Å²) in [5.74, 6) is -0.319. The summed E-state index contributed by atoms with van der Waals surface area (Å²) < 4.78 is 39.4. The second-order valence-electron chi connectivity index (χ2n) is 5.45. The van der Waals surface area contributed by atoms with Gasteiger partial charge in [0.2, 0.25) is 0 Å². The van der Waals surface area contributed by atoms with Crippen LogP contribution >= 0.6 is 15.9 Å². The van der Waals surface area contributed by atoms with Crippen molar-refractivity contribution in [2.75, 3.05) is 7.11 Å². The van der Waals surface area contributed by atoms with Crippen LogP contribution in [0.15, 0.2) is 46.9 Å². The predicted molar refractivity (Wildman–Crippen MR) is 97.1 cm³/mol. The second kappa shape index (κ2) is 10.0. The number of rotatable bonds is 9. The van der Waals surface area contributed by atoms with Crippen LogP contribution in [0, 0.1) is 0 Å². The highest BCUT2D eigenvalue weighted by Crippen LogP contribution is 2.24. The fraction of sp³-hybridized carbons (Fsp3) is 0.263. The molecule has 8 heteroatoms. The molecule has 5 nitrogen and oxygen atoms in total. The molecule has 0 radical (unpaired) electrons. The molecule has 0 aromatic heterocycles. The lowest BCUT2D eigenvalue weighted by molar-refractivity contribution is -0.144. The maximum absolute atomic E-state index is 12.3. The summed E-state index contributed by atoms with van der Waals surface area (Å²) in [6.07, 6.45) is -0.103. The molecule has 27 heavy (non-hydrogen) atoms. The zero-order valence-corrected chi connectivity index (χ0v) is 16.0. The summed E-state index contributed by atoms with van der Waals surface area (Å²) >= 11 is 3.29. The van der Waals surface area contributed by atoms with Crippen LogP contribution in [0.3, 0.4) is 0 Å². The fourth-order valence-corrected chi connectivity index (χ4v) is 2.61. The first kappa shape index (κ1) is 20.8. The number of hydrogen-bond donors (Lipinski definition) is 0. The molecule has 2 rings (SSSR count). The lowest BCUT2D eigenvalue weighted by Gasteiger charge is -2.09. The molecular weight excluding hydrogens is 426 g/mol. The molecule has 0 aliphatic heterocycles. The van der Waals surface area contributed by atoms with E-state index in [1.807, 2.05) is 0 Å². The van der Waals surface area contributed by atoms with Gasteiger partial charge < -0.3 is 14.2 Å². The van der Waals surface area contributed by atoms with Gasteiger partial charge in [0, 0.05) is 10.9 Å². The minimum Gasteiger partial charge on any atom is -0.496 e. The van der Waals surface area contributed by atoms with E-state index in [9.17, 15) is 18.4 Å². The van der Waals surface area contributed by atoms with Crippen LogP contribution < -0.4 is 9.47 Å². The number of carbonyl (C=O) groups excluding carboxylic acids is 2. The van der Waals surface area contributed by atoms with E-state index in [1.165, 1.54) is 31.4 Å². The summed E-state index contributed by atoms with van der Waals surface area (Å²) in [7, 11) is 1.46. The molecule has 0 aliphatic rings. The summed E-state index contributed by atoms with van der Waals surface area (Å²) in [5, 5.41) is 0. The Kier molecular flexibility index (Phi) is 7.72. The molecule has 0 fully saturated rings. The van der Waals surface area contributed by atoms with Crippen molar-refractivity contribution in [3.63, 3.8) is 0 Å². The summed E-state index contributed by atoms with van der Waals surface area (Å²) in [5.41, 5.74) is 0.999. The van der Waals surface area contributed by atoms with Crippen molar-refractivity contribution in [3.8, 4) is 11.5 Å². The van der Waals surface area contributed by atoms with Crippen LogP contribution in [-0.4, -0.2) is 25.5 Å². The summed E-state index contributed by atoms with van der Waals surface area (Å²) in [6.45, 7) is -2.92. The summed E-state index contributed by atoms with van der Waals surface area (Å²) in [6, 6.07) is 10.8. The third-order valence-electron chi connectivity index (χ3n) is 3.57. The standard InChI is InChI=1S/C19H17BrF2O5/c1-25-17-8-4-13(20)10-15(17)16(23)7-9-18(24)26-11-12-2-5-14(6-3-12)27-19(21)22/h2-6,8,10,19H,7,9,11H2,1H3. The highest BCUT2D eigenvalue weighted by atomic mass is 79.9. The van der Waals surface area contributed by atoms with Gasteiger partial charge in [-0.2, -0.15) is 8.78 Å². The molecule has 2 aromatic carbocycles. The maximum Gasteiger partial charge on any atom is 0.387 e. The van der Waals surface area contributed by atoms with Gasteiger partial charge in [-0.25, -0.2) is 0 Å². The van der Waals surface area contributed by atoms with Gasteiger partial charge in [0.1, 0.15) is 18.1 Å². The molecule has 0 N–H and O–H groups in total. The quantitative estimate of drug-likeness (QED) is 0.413. The minimum atomic E-state index is -2.89. The van der Waals surface area contributed by atoms with Crippen LogP contribution in [0.2, 0.25) is 0 Å². The predicted octanol–water partition coefficient (Wildman–Crippen LogP) is 4.77.